The van der Waals surface area contributed by atoms with E-state index in [9.17, 15) is 4.79 Å². The summed E-state index contributed by atoms with van der Waals surface area (Å²) >= 11 is 0. The summed E-state index contributed by atoms with van der Waals surface area (Å²) < 4.78 is 0. The first kappa shape index (κ1) is 9.25. The van der Waals surface area contributed by atoms with Crippen molar-refractivity contribution in [2.24, 2.45) is 5.73 Å². The normalized spacial score (nSPS) is 17.8. The SMILES string of the molecule is Cc1ccccc1C1(CC(N)=O)CC1. The molecule has 1 aliphatic rings. The Kier molecular flexibility index (Phi) is 2.06. The molecule has 1 aromatic rings. The lowest BCUT2D eigenvalue weighted by molar-refractivity contribution is -0.118. The monoisotopic (exact) mass is 189 g/mol. The van der Waals surface area contributed by atoms with Crippen molar-refractivity contribution in [3.05, 3.63) is 35.4 Å². The Hall–Kier alpha value is -1.31. The molecule has 1 amide bonds. The van der Waals surface area contributed by atoms with Gasteiger partial charge in [0.15, 0.2) is 0 Å². The van der Waals surface area contributed by atoms with Crippen LogP contribution in [0.25, 0.3) is 0 Å². The fourth-order valence-electron chi connectivity index (χ4n) is 2.19. The number of primary amides is 1. The van der Waals surface area contributed by atoms with Gasteiger partial charge in [0.05, 0.1) is 0 Å². The van der Waals surface area contributed by atoms with Crippen LogP contribution in [-0.2, 0) is 10.2 Å². The predicted molar refractivity (Wildman–Crippen MR) is 55.9 cm³/mol. The molecule has 1 aliphatic carbocycles. The molecule has 1 aromatic carbocycles. The Morgan fingerprint density at radius 1 is 1.43 bits per heavy atom. The average Bonchev–Trinajstić information content (AvgIpc) is 2.85. The van der Waals surface area contributed by atoms with Crippen LogP contribution >= 0.6 is 0 Å². The maximum absolute atomic E-state index is 11.0. The summed E-state index contributed by atoms with van der Waals surface area (Å²) in [5, 5.41) is 0. The largest absolute Gasteiger partial charge is 0.370 e. The summed E-state index contributed by atoms with van der Waals surface area (Å²) in [6, 6.07) is 8.27. The summed E-state index contributed by atoms with van der Waals surface area (Å²) in [5.74, 6) is -0.189. The van der Waals surface area contributed by atoms with Gasteiger partial charge in [-0.05, 0) is 30.9 Å². The number of carbonyl (C=O) groups excluding carboxylic acids is 1. The van der Waals surface area contributed by atoms with Gasteiger partial charge in [-0.25, -0.2) is 0 Å². The molecule has 0 unspecified atom stereocenters. The van der Waals surface area contributed by atoms with Crippen molar-refractivity contribution in [3.63, 3.8) is 0 Å². The van der Waals surface area contributed by atoms with Crippen LogP contribution in [-0.4, -0.2) is 5.91 Å². The number of hydrogen-bond donors (Lipinski definition) is 1. The Balaban J connectivity index is 2.31. The zero-order valence-electron chi connectivity index (χ0n) is 8.42. The highest BCUT2D eigenvalue weighted by Crippen LogP contribution is 2.51. The molecule has 0 atom stereocenters. The van der Waals surface area contributed by atoms with Gasteiger partial charge in [-0.2, -0.15) is 0 Å². The first-order chi connectivity index (χ1) is 6.64. The molecular weight excluding hydrogens is 174 g/mol. The van der Waals surface area contributed by atoms with Crippen molar-refractivity contribution in [1.29, 1.82) is 0 Å². The summed E-state index contributed by atoms with van der Waals surface area (Å²) in [7, 11) is 0. The third-order valence-corrected chi connectivity index (χ3v) is 3.08. The lowest BCUT2D eigenvalue weighted by Gasteiger charge is -2.15. The van der Waals surface area contributed by atoms with Crippen molar-refractivity contribution in [1.82, 2.24) is 0 Å². The molecule has 1 saturated carbocycles. The first-order valence-electron chi connectivity index (χ1n) is 4.98. The van der Waals surface area contributed by atoms with Gasteiger partial charge in [0, 0.05) is 11.8 Å². The molecule has 74 valence electrons. The highest BCUT2D eigenvalue weighted by atomic mass is 16.1. The highest BCUT2D eigenvalue weighted by molar-refractivity contribution is 5.76. The van der Waals surface area contributed by atoms with Crippen LogP contribution in [0.1, 0.15) is 30.4 Å². The van der Waals surface area contributed by atoms with Crippen molar-refractivity contribution in [3.8, 4) is 0 Å². The van der Waals surface area contributed by atoms with E-state index in [0.29, 0.717) is 6.42 Å². The quantitative estimate of drug-likeness (QED) is 0.775. The van der Waals surface area contributed by atoms with Crippen molar-refractivity contribution in [2.45, 2.75) is 31.6 Å². The summed E-state index contributed by atoms with van der Waals surface area (Å²) in [5.41, 5.74) is 7.92. The third-order valence-electron chi connectivity index (χ3n) is 3.08. The second kappa shape index (κ2) is 3.12. The maximum Gasteiger partial charge on any atom is 0.218 e. The van der Waals surface area contributed by atoms with E-state index in [1.165, 1.54) is 11.1 Å². The molecule has 0 bridgehead atoms. The van der Waals surface area contributed by atoms with Gasteiger partial charge >= 0.3 is 0 Å². The topological polar surface area (TPSA) is 43.1 Å². The molecule has 2 heteroatoms. The lowest BCUT2D eigenvalue weighted by Crippen LogP contribution is -2.20. The Morgan fingerprint density at radius 2 is 2.07 bits per heavy atom. The first-order valence-corrected chi connectivity index (χ1v) is 4.98. The van der Waals surface area contributed by atoms with E-state index in [0.717, 1.165) is 12.8 Å². The van der Waals surface area contributed by atoms with Gasteiger partial charge in [-0.3, -0.25) is 4.79 Å². The highest BCUT2D eigenvalue weighted by Gasteiger charge is 2.45. The molecule has 2 rings (SSSR count). The van der Waals surface area contributed by atoms with Crippen LogP contribution in [0.2, 0.25) is 0 Å². The van der Waals surface area contributed by atoms with Crippen molar-refractivity contribution >= 4 is 5.91 Å². The second-order valence-corrected chi connectivity index (χ2v) is 4.24. The van der Waals surface area contributed by atoms with Gasteiger partial charge < -0.3 is 5.73 Å². The minimum Gasteiger partial charge on any atom is -0.370 e. The predicted octanol–water partition coefficient (Wildman–Crippen LogP) is 1.90. The van der Waals surface area contributed by atoms with Crippen LogP contribution in [0.3, 0.4) is 0 Å². The maximum atomic E-state index is 11.0. The minimum atomic E-state index is -0.189. The van der Waals surface area contributed by atoms with E-state index in [1.807, 2.05) is 12.1 Å². The van der Waals surface area contributed by atoms with E-state index >= 15 is 0 Å². The number of carbonyl (C=O) groups is 1. The van der Waals surface area contributed by atoms with Gasteiger partial charge in [-0.15, -0.1) is 0 Å². The van der Waals surface area contributed by atoms with E-state index in [2.05, 4.69) is 19.1 Å². The number of rotatable bonds is 3. The Morgan fingerprint density at radius 3 is 2.57 bits per heavy atom. The van der Waals surface area contributed by atoms with Crippen LogP contribution < -0.4 is 5.73 Å². The molecule has 2 N–H and O–H groups in total. The summed E-state index contributed by atoms with van der Waals surface area (Å²) in [6.07, 6.45) is 2.69. The molecule has 14 heavy (non-hydrogen) atoms. The van der Waals surface area contributed by atoms with Crippen LogP contribution in [0.4, 0.5) is 0 Å². The zero-order chi connectivity index (χ0) is 10.2. The van der Waals surface area contributed by atoms with Crippen molar-refractivity contribution < 1.29 is 4.79 Å². The van der Waals surface area contributed by atoms with Gasteiger partial charge in [-0.1, -0.05) is 24.3 Å². The summed E-state index contributed by atoms with van der Waals surface area (Å²) in [6.45, 7) is 2.09. The van der Waals surface area contributed by atoms with E-state index < -0.39 is 0 Å². The van der Waals surface area contributed by atoms with E-state index in [-0.39, 0.29) is 11.3 Å². The number of amides is 1. The van der Waals surface area contributed by atoms with Crippen LogP contribution in [0.15, 0.2) is 24.3 Å². The number of benzene rings is 1. The fourth-order valence-corrected chi connectivity index (χ4v) is 2.19. The summed E-state index contributed by atoms with van der Waals surface area (Å²) in [4.78, 5) is 11.0. The molecular formula is C12H15NO. The van der Waals surface area contributed by atoms with Crippen LogP contribution in [0, 0.1) is 6.92 Å². The number of hydrogen-bond acceptors (Lipinski definition) is 1. The van der Waals surface area contributed by atoms with Crippen LogP contribution in [0.5, 0.6) is 0 Å². The standard InChI is InChI=1S/C12H15NO/c1-9-4-2-3-5-10(9)12(6-7-12)8-11(13)14/h2-5H,6-8H2,1H3,(H2,13,14). The van der Waals surface area contributed by atoms with Crippen molar-refractivity contribution in [2.75, 3.05) is 0 Å². The average molecular weight is 189 g/mol. The molecule has 0 spiro atoms. The molecule has 0 saturated heterocycles. The van der Waals surface area contributed by atoms with E-state index in [4.69, 9.17) is 5.73 Å². The smallest absolute Gasteiger partial charge is 0.218 e. The number of aryl methyl sites for hydroxylation is 1. The molecule has 0 radical (unpaired) electrons. The third kappa shape index (κ3) is 1.52. The molecule has 0 heterocycles. The lowest BCUT2D eigenvalue weighted by atomic mass is 9.89. The van der Waals surface area contributed by atoms with Gasteiger partial charge in [0.2, 0.25) is 5.91 Å². The number of nitrogens with two attached hydrogens (primary N) is 1. The minimum absolute atomic E-state index is 0.0805. The Labute approximate surface area is 84.1 Å². The second-order valence-electron chi connectivity index (χ2n) is 4.24. The van der Waals surface area contributed by atoms with E-state index in [1.54, 1.807) is 0 Å². The molecule has 0 aromatic heterocycles. The van der Waals surface area contributed by atoms with Gasteiger partial charge in [0.1, 0.15) is 0 Å². The molecule has 1 fully saturated rings. The molecule has 0 aliphatic heterocycles. The molecule has 2 nitrogen and oxygen atoms in total. The fraction of sp³-hybridized carbons (Fsp3) is 0.417. The Bertz CT molecular complexity index is 366. The van der Waals surface area contributed by atoms with Gasteiger partial charge in [0.25, 0.3) is 0 Å². The zero-order valence-corrected chi connectivity index (χ0v) is 8.42.